The fourth-order valence-electron chi connectivity index (χ4n) is 2.48. The van der Waals surface area contributed by atoms with Crippen molar-refractivity contribution in [3.05, 3.63) is 42.5 Å². The standard InChI is InChI=1S/C18H25N5O3/c1-5-26-18(25)22-16(12(2)3)17(24)21-13(4)14-6-8-15(9-7-14)23-11-19-10-20-23/h6-13,16H,5H2,1-4H3,(H,21,24)(H,22,25)/t13-,16+/m1/s1. The molecule has 0 aliphatic rings. The van der Waals surface area contributed by atoms with Crippen LogP contribution in [0.5, 0.6) is 0 Å². The van der Waals surface area contributed by atoms with Crippen LogP contribution in [0.4, 0.5) is 4.79 Å². The molecule has 0 aliphatic carbocycles. The van der Waals surface area contributed by atoms with E-state index >= 15 is 0 Å². The van der Waals surface area contributed by atoms with Crippen molar-refractivity contribution in [2.75, 3.05) is 6.61 Å². The lowest BCUT2D eigenvalue weighted by molar-refractivity contribution is -0.124. The van der Waals surface area contributed by atoms with Gasteiger partial charge < -0.3 is 15.4 Å². The summed E-state index contributed by atoms with van der Waals surface area (Å²) in [7, 11) is 0. The van der Waals surface area contributed by atoms with Crippen LogP contribution >= 0.6 is 0 Å². The number of hydrogen-bond donors (Lipinski definition) is 2. The summed E-state index contributed by atoms with van der Waals surface area (Å²) in [6.45, 7) is 7.61. The molecule has 2 rings (SSSR count). The molecule has 8 nitrogen and oxygen atoms in total. The molecule has 0 spiro atoms. The van der Waals surface area contributed by atoms with Gasteiger partial charge in [0, 0.05) is 0 Å². The number of ether oxygens (including phenoxy) is 1. The third kappa shape index (κ3) is 5.05. The Morgan fingerprint density at radius 3 is 2.38 bits per heavy atom. The molecule has 2 amide bonds. The van der Waals surface area contributed by atoms with Gasteiger partial charge in [0.2, 0.25) is 5.91 Å². The maximum Gasteiger partial charge on any atom is 0.407 e. The van der Waals surface area contributed by atoms with Crippen molar-refractivity contribution < 1.29 is 14.3 Å². The molecule has 2 atom stereocenters. The minimum atomic E-state index is -0.661. The summed E-state index contributed by atoms with van der Waals surface area (Å²) in [5, 5.41) is 9.62. The number of amides is 2. The second kappa shape index (κ2) is 8.98. The highest BCUT2D eigenvalue weighted by Crippen LogP contribution is 2.16. The highest BCUT2D eigenvalue weighted by molar-refractivity contribution is 5.86. The maximum atomic E-state index is 12.6. The molecule has 0 saturated heterocycles. The molecule has 1 heterocycles. The molecule has 26 heavy (non-hydrogen) atoms. The lowest BCUT2D eigenvalue weighted by atomic mass is 10.0. The second-order valence-corrected chi connectivity index (χ2v) is 6.25. The number of carbonyl (C=O) groups excluding carboxylic acids is 2. The molecule has 2 N–H and O–H groups in total. The van der Waals surface area contributed by atoms with E-state index < -0.39 is 12.1 Å². The van der Waals surface area contributed by atoms with Crippen LogP contribution in [-0.4, -0.2) is 39.4 Å². The van der Waals surface area contributed by atoms with E-state index in [1.165, 1.54) is 6.33 Å². The van der Waals surface area contributed by atoms with Gasteiger partial charge in [0.15, 0.2) is 0 Å². The number of alkyl carbamates (subject to hydrolysis) is 1. The summed E-state index contributed by atoms with van der Waals surface area (Å²) in [5.41, 5.74) is 1.83. The van der Waals surface area contributed by atoms with E-state index in [1.807, 2.05) is 45.0 Å². The van der Waals surface area contributed by atoms with Crippen molar-refractivity contribution >= 4 is 12.0 Å². The van der Waals surface area contributed by atoms with E-state index in [4.69, 9.17) is 4.74 Å². The zero-order chi connectivity index (χ0) is 19.1. The van der Waals surface area contributed by atoms with Gasteiger partial charge in [-0.3, -0.25) is 4.79 Å². The first-order valence-corrected chi connectivity index (χ1v) is 8.61. The highest BCUT2D eigenvalue weighted by Gasteiger charge is 2.26. The average Bonchev–Trinajstić information content (AvgIpc) is 3.14. The maximum absolute atomic E-state index is 12.6. The van der Waals surface area contributed by atoms with E-state index in [2.05, 4.69) is 20.7 Å². The molecule has 1 aromatic carbocycles. The molecular formula is C18H25N5O3. The molecule has 0 radical (unpaired) electrons. The lowest BCUT2D eigenvalue weighted by Crippen LogP contribution is -2.50. The molecule has 0 aliphatic heterocycles. The molecule has 2 aromatic rings. The Balaban J connectivity index is 2.01. The Bertz CT molecular complexity index is 713. The van der Waals surface area contributed by atoms with Gasteiger partial charge in [-0.2, -0.15) is 5.10 Å². The molecule has 140 valence electrons. The normalized spacial score (nSPS) is 13.1. The topological polar surface area (TPSA) is 98.1 Å². The quantitative estimate of drug-likeness (QED) is 0.790. The number of aromatic nitrogens is 3. The number of rotatable bonds is 7. The molecule has 0 bridgehead atoms. The Labute approximate surface area is 153 Å². The number of benzene rings is 1. The molecular weight excluding hydrogens is 334 g/mol. The van der Waals surface area contributed by atoms with E-state index in [9.17, 15) is 9.59 Å². The van der Waals surface area contributed by atoms with Gasteiger partial charge >= 0.3 is 6.09 Å². The van der Waals surface area contributed by atoms with Crippen LogP contribution in [0.15, 0.2) is 36.9 Å². The molecule has 0 saturated carbocycles. The van der Waals surface area contributed by atoms with E-state index in [-0.39, 0.29) is 24.5 Å². The predicted molar refractivity (Wildman–Crippen MR) is 96.7 cm³/mol. The zero-order valence-corrected chi connectivity index (χ0v) is 15.5. The number of nitrogens with one attached hydrogen (secondary N) is 2. The Morgan fingerprint density at radius 1 is 1.15 bits per heavy atom. The minimum absolute atomic E-state index is 0.0682. The van der Waals surface area contributed by atoms with Gasteiger partial charge in [-0.05, 0) is 37.5 Å². The number of hydrogen-bond acceptors (Lipinski definition) is 5. The predicted octanol–water partition coefficient (Wildman–Crippen LogP) is 2.22. The van der Waals surface area contributed by atoms with Crippen LogP contribution in [0, 0.1) is 5.92 Å². The van der Waals surface area contributed by atoms with Crippen LogP contribution in [0.1, 0.15) is 39.3 Å². The van der Waals surface area contributed by atoms with Crippen LogP contribution < -0.4 is 10.6 Å². The van der Waals surface area contributed by atoms with Gasteiger partial charge in [0.1, 0.15) is 18.7 Å². The Kier molecular flexibility index (Phi) is 6.71. The van der Waals surface area contributed by atoms with Crippen LogP contribution in [0.3, 0.4) is 0 Å². The molecule has 0 unspecified atom stereocenters. The first kappa shape index (κ1) is 19.4. The van der Waals surface area contributed by atoms with Gasteiger partial charge in [-0.25, -0.2) is 14.5 Å². The zero-order valence-electron chi connectivity index (χ0n) is 15.5. The van der Waals surface area contributed by atoms with Crippen molar-refractivity contribution in [3.63, 3.8) is 0 Å². The second-order valence-electron chi connectivity index (χ2n) is 6.25. The van der Waals surface area contributed by atoms with E-state index in [0.29, 0.717) is 0 Å². The molecule has 1 aromatic heterocycles. The largest absolute Gasteiger partial charge is 0.450 e. The van der Waals surface area contributed by atoms with Crippen LogP contribution in [-0.2, 0) is 9.53 Å². The van der Waals surface area contributed by atoms with E-state index in [0.717, 1.165) is 11.3 Å². The summed E-state index contributed by atoms with van der Waals surface area (Å²) >= 11 is 0. The van der Waals surface area contributed by atoms with Gasteiger partial charge in [-0.1, -0.05) is 26.0 Å². The Morgan fingerprint density at radius 2 is 1.85 bits per heavy atom. The van der Waals surface area contributed by atoms with Crippen molar-refractivity contribution in [1.82, 2.24) is 25.4 Å². The highest BCUT2D eigenvalue weighted by atomic mass is 16.5. The van der Waals surface area contributed by atoms with Crippen molar-refractivity contribution in [3.8, 4) is 5.69 Å². The minimum Gasteiger partial charge on any atom is -0.450 e. The fourth-order valence-corrected chi connectivity index (χ4v) is 2.48. The summed E-state index contributed by atoms with van der Waals surface area (Å²) in [6, 6.07) is 6.78. The third-order valence-electron chi connectivity index (χ3n) is 3.93. The summed E-state index contributed by atoms with van der Waals surface area (Å²) in [6.07, 6.45) is 2.50. The van der Waals surface area contributed by atoms with Crippen LogP contribution in [0.2, 0.25) is 0 Å². The van der Waals surface area contributed by atoms with Crippen LogP contribution in [0.25, 0.3) is 5.69 Å². The summed E-state index contributed by atoms with van der Waals surface area (Å²) in [4.78, 5) is 28.1. The monoisotopic (exact) mass is 359 g/mol. The Hall–Kier alpha value is -2.90. The summed E-state index contributed by atoms with van der Waals surface area (Å²) < 4.78 is 6.53. The first-order valence-electron chi connectivity index (χ1n) is 8.61. The van der Waals surface area contributed by atoms with Crippen molar-refractivity contribution in [2.45, 2.75) is 39.8 Å². The smallest absolute Gasteiger partial charge is 0.407 e. The average molecular weight is 359 g/mol. The van der Waals surface area contributed by atoms with Gasteiger partial charge in [-0.15, -0.1) is 0 Å². The van der Waals surface area contributed by atoms with E-state index in [1.54, 1.807) is 17.9 Å². The first-order chi connectivity index (χ1) is 12.4. The van der Waals surface area contributed by atoms with Crippen molar-refractivity contribution in [1.29, 1.82) is 0 Å². The fraction of sp³-hybridized carbons (Fsp3) is 0.444. The van der Waals surface area contributed by atoms with Crippen molar-refractivity contribution in [2.24, 2.45) is 5.92 Å². The summed E-state index contributed by atoms with van der Waals surface area (Å²) in [5.74, 6) is -0.317. The SMILES string of the molecule is CCOC(=O)N[C@H](C(=O)N[C@H](C)c1ccc(-n2cncn2)cc1)C(C)C. The number of carbonyl (C=O) groups is 2. The third-order valence-corrected chi connectivity index (χ3v) is 3.93. The van der Waals surface area contributed by atoms with Gasteiger partial charge in [0.05, 0.1) is 18.3 Å². The number of nitrogens with zero attached hydrogens (tertiary/aromatic N) is 3. The lowest BCUT2D eigenvalue weighted by Gasteiger charge is -2.24. The molecule has 0 fully saturated rings. The van der Waals surface area contributed by atoms with Gasteiger partial charge in [0.25, 0.3) is 0 Å². The molecule has 8 heteroatoms.